The Bertz CT molecular complexity index is 436. The van der Waals surface area contributed by atoms with E-state index in [9.17, 15) is 9.59 Å². The van der Waals surface area contributed by atoms with E-state index in [0.29, 0.717) is 6.42 Å². The van der Waals surface area contributed by atoms with Crippen LogP contribution in [0.2, 0.25) is 0 Å². The van der Waals surface area contributed by atoms with Gasteiger partial charge in [-0.1, -0.05) is 24.3 Å². The van der Waals surface area contributed by atoms with Crippen molar-refractivity contribution in [3.8, 4) is 0 Å². The SMILES string of the molecule is C/C(=C\C=C1\C=C(C(=O)O)C=CC1)C(=O)O. The highest BCUT2D eigenvalue weighted by molar-refractivity contribution is 5.91. The average molecular weight is 220 g/mol. The second kappa shape index (κ2) is 5.11. The Labute approximate surface area is 92.9 Å². The number of hydrogen-bond donors (Lipinski definition) is 2. The zero-order chi connectivity index (χ0) is 12.1. The summed E-state index contributed by atoms with van der Waals surface area (Å²) in [4.78, 5) is 21.2. The van der Waals surface area contributed by atoms with Gasteiger partial charge in [-0.05, 0) is 25.0 Å². The van der Waals surface area contributed by atoms with Crippen LogP contribution in [0.3, 0.4) is 0 Å². The number of hydrogen-bond acceptors (Lipinski definition) is 2. The molecular weight excluding hydrogens is 208 g/mol. The van der Waals surface area contributed by atoms with Gasteiger partial charge >= 0.3 is 11.9 Å². The van der Waals surface area contributed by atoms with Crippen molar-refractivity contribution in [2.24, 2.45) is 0 Å². The molecule has 0 heterocycles. The molecule has 4 heteroatoms. The molecule has 0 spiro atoms. The Kier molecular flexibility index (Phi) is 3.83. The number of aliphatic carboxylic acids is 2. The molecule has 4 nitrogen and oxygen atoms in total. The van der Waals surface area contributed by atoms with E-state index in [1.807, 2.05) is 0 Å². The maximum atomic E-state index is 10.7. The predicted molar refractivity (Wildman–Crippen MR) is 59.0 cm³/mol. The molecule has 1 rings (SSSR count). The van der Waals surface area contributed by atoms with Crippen LogP contribution in [0.5, 0.6) is 0 Å². The largest absolute Gasteiger partial charge is 0.478 e. The lowest BCUT2D eigenvalue weighted by molar-refractivity contribution is -0.133. The topological polar surface area (TPSA) is 74.6 Å². The van der Waals surface area contributed by atoms with Gasteiger partial charge in [0.15, 0.2) is 0 Å². The summed E-state index contributed by atoms with van der Waals surface area (Å²) in [5, 5.41) is 17.4. The molecule has 16 heavy (non-hydrogen) atoms. The number of carboxylic acid groups (broad SMARTS) is 2. The zero-order valence-electron chi connectivity index (χ0n) is 8.80. The van der Waals surface area contributed by atoms with Gasteiger partial charge < -0.3 is 10.2 Å². The molecule has 0 aromatic rings. The standard InChI is InChI=1S/C12H12O4/c1-8(11(13)14)5-6-9-3-2-4-10(7-9)12(15)16/h2,4-7H,3H2,1H3,(H,13,14)(H,15,16)/b8-5+,9-6+. The fourth-order valence-corrected chi connectivity index (χ4v) is 1.18. The summed E-state index contributed by atoms with van der Waals surface area (Å²) in [5.74, 6) is -1.97. The molecule has 0 aromatic carbocycles. The Morgan fingerprint density at radius 1 is 1.38 bits per heavy atom. The van der Waals surface area contributed by atoms with E-state index in [2.05, 4.69) is 0 Å². The van der Waals surface area contributed by atoms with Gasteiger partial charge in [0.1, 0.15) is 0 Å². The van der Waals surface area contributed by atoms with Crippen LogP contribution in [-0.2, 0) is 9.59 Å². The molecule has 0 radical (unpaired) electrons. The molecule has 0 saturated heterocycles. The molecule has 0 unspecified atom stereocenters. The van der Waals surface area contributed by atoms with Crippen molar-refractivity contribution in [2.75, 3.05) is 0 Å². The van der Waals surface area contributed by atoms with Crippen molar-refractivity contribution in [2.45, 2.75) is 13.3 Å². The van der Waals surface area contributed by atoms with E-state index in [0.717, 1.165) is 5.57 Å². The minimum absolute atomic E-state index is 0.207. The van der Waals surface area contributed by atoms with E-state index in [1.54, 1.807) is 12.2 Å². The number of allylic oxidation sites excluding steroid dienone is 5. The van der Waals surface area contributed by atoms with Gasteiger partial charge in [-0.3, -0.25) is 0 Å². The summed E-state index contributed by atoms with van der Waals surface area (Å²) in [6, 6.07) is 0. The Hall–Kier alpha value is -2.10. The third-order valence-electron chi connectivity index (χ3n) is 2.12. The molecule has 0 fully saturated rings. The molecule has 1 aliphatic carbocycles. The summed E-state index contributed by atoms with van der Waals surface area (Å²) in [7, 11) is 0. The molecular formula is C12H12O4. The lowest BCUT2D eigenvalue weighted by Crippen LogP contribution is -2.01. The first-order valence-corrected chi connectivity index (χ1v) is 4.73. The Morgan fingerprint density at radius 3 is 2.62 bits per heavy atom. The minimum Gasteiger partial charge on any atom is -0.478 e. The van der Waals surface area contributed by atoms with Crippen molar-refractivity contribution in [3.05, 3.63) is 47.1 Å². The fraction of sp³-hybridized carbons (Fsp3) is 0.167. The monoisotopic (exact) mass is 220 g/mol. The maximum Gasteiger partial charge on any atom is 0.335 e. The van der Waals surface area contributed by atoms with Crippen molar-refractivity contribution in [1.82, 2.24) is 0 Å². The van der Waals surface area contributed by atoms with Gasteiger partial charge in [-0.2, -0.15) is 0 Å². The molecule has 84 valence electrons. The van der Waals surface area contributed by atoms with Crippen LogP contribution < -0.4 is 0 Å². The first-order chi connectivity index (χ1) is 7.50. The van der Waals surface area contributed by atoms with Crippen LogP contribution >= 0.6 is 0 Å². The molecule has 0 aromatic heterocycles. The van der Waals surface area contributed by atoms with Gasteiger partial charge in [0.05, 0.1) is 5.57 Å². The van der Waals surface area contributed by atoms with Crippen molar-refractivity contribution < 1.29 is 19.8 Å². The van der Waals surface area contributed by atoms with Crippen molar-refractivity contribution in [1.29, 1.82) is 0 Å². The highest BCUT2D eigenvalue weighted by atomic mass is 16.4. The quantitative estimate of drug-likeness (QED) is 0.712. The van der Waals surface area contributed by atoms with Crippen LogP contribution in [0.1, 0.15) is 13.3 Å². The van der Waals surface area contributed by atoms with Gasteiger partial charge in [0.2, 0.25) is 0 Å². The summed E-state index contributed by atoms with van der Waals surface area (Å²) < 4.78 is 0. The van der Waals surface area contributed by atoms with E-state index in [-0.39, 0.29) is 11.1 Å². The Morgan fingerprint density at radius 2 is 2.06 bits per heavy atom. The zero-order valence-corrected chi connectivity index (χ0v) is 8.80. The first-order valence-electron chi connectivity index (χ1n) is 4.73. The second-order valence-corrected chi connectivity index (χ2v) is 3.41. The summed E-state index contributed by atoms with van der Waals surface area (Å²) in [5.41, 5.74) is 1.20. The normalized spacial score (nSPS) is 18.4. The fourth-order valence-electron chi connectivity index (χ4n) is 1.18. The van der Waals surface area contributed by atoms with Gasteiger partial charge in [0, 0.05) is 5.57 Å². The van der Waals surface area contributed by atoms with Crippen LogP contribution in [0.25, 0.3) is 0 Å². The maximum absolute atomic E-state index is 10.7. The molecule has 0 aliphatic heterocycles. The third-order valence-corrected chi connectivity index (χ3v) is 2.12. The summed E-state index contributed by atoms with van der Waals surface area (Å²) in [6.07, 6.45) is 8.50. The van der Waals surface area contributed by atoms with Crippen molar-refractivity contribution in [3.63, 3.8) is 0 Å². The van der Waals surface area contributed by atoms with Gasteiger partial charge in [-0.25, -0.2) is 9.59 Å². The highest BCUT2D eigenvalue weighted by Gasteiger charge is 2.07. The lowest BCUT2D eigenvalue weighted by atomic mass is 10.0. The molecule has 0 atom stereocenters. The number of rotatable bonds is 3. The van der Waals surface area contributed by atoms with Crippen LogP contribution in [-0.4, -0.2) is 22.2 Å². The van der Waals surface area contributed by atoms with Crippen LogP contribution in [0, 0.1) is 0 Å². The van der Waals surface area contributed by atoms with E-state index < -0.39 is 11.9 Å². The van der Waals surface area contributed by atoms with Crippen LogP contribution in [0.4, 0.5) is 0 Å². The molecule has 0 bridgehead atoms. The number of carbonyl (C=O) groups is 2. The van der Waals surface area contributed by atoms with Gasteiger partial charge in [0.25, 0.3) is 0 Å². The molecule has 0 amide bonds. The summed E-state index contributed by atoms with van der Waals surface area (Å²) in [6.45, 7) is 1.49. The molecule has 1 aliphatic rings. The smallest absolute Gasteiger partial charge is 0.335 e. The highest BCUT2D eigenvalue weighted by Crippen LogP contribution is 2.16. The third kappa shape index (κ3) is 3.24. The Balaban J connectivity index is 2.88. The average Bonchev–Trinajstić information content (AvgIpc) is 2.26. The van der Waals surface area contributed by atoms with E-state index in [4.69, 9.17) is 10.2 Å². The van der Waals surface area contributed by atoms with E-state index in [1.165, 1.54) is 25.2 Å². The number of carboxylic acids is 2. The first kappa shape index (κ1) is 12.0. The molecule has 0 saturated carbocycles. The second-order valence-electron chi connectivity index (χ2n) is 3.41. The summed E-state index contributed by atoms with van der Waals surface area (Å²) >= 11 is 0. The van der Waals surface area contributed by atoms with Gasteiger partial charge in [-0.15, -0.1) is 0 Å². The van der Waals surface area contributed by atoms with Crippen molar-refractivity contribution >= 4 is 11.9 Å². The molecule has 2 N–H and O–H groups in total. The van der Waals surface area contributed by atoms with Crippen LogP contribution in [0.15, 0.2) is 47.1 Å². The minimum atomic E-state index is -0.985. The predicted octanol–water partition coefficient (Wildman–Crippen LogP) is 1.91. The van der Waals surface area contributed by atoms with E-state index >= 15 is 0 Å². The lowest BCUT2D eigenvalue weighted by Gasteiger charge is -2.05.